The molecule has 2 rings (SSSR count). The maximum absolute atomic E-state index is 6.15. The van der Waals surface area contributed by atoms with Crippen LogP contribution in [0.1, 0.15) is 27.6 Å². The molecule has 1 atom stereocenters. The molecule has 0 saturated heterocycles. The number of aryl methyl sites for hydroxylation is 1. The van der Waals surface area contributed by atoms with Gasteiger partial charge in [0.05, 0.1) is 6.04 Å². The highest BCUT2D eigenvalue weighted by atomic mass is 35.5. The summed E-state index contributed by atoms with van der Waals surface area (Å²) in [6.45, 7) is 4.12. The van der Waals surface area contributed by atoms with Gasteiger partial charge in [-0.2, -0.15) is 0 Å². The number of thiophene rings is 1. The SMILES string of the molecule is Cc1sccc1C(NN)c1cccc(Cl)c1C. The zero-order valence-corrected chi connectivity index (χ0v) is 11.4. The average molecular weight is 267 g/mol. The number of nitrogens with two attached hydrogens (primary N) is 1. The highest BCUT2D eigenvalue weighted by Gasteiger charge is 2.18. The van der Waals surface area contributed by atoms with Crippen LogP contribution in [-0.4, -0.2) is 0 Å². The molecule has 1 aromatic carbocycles. The van der Waals surface area contributed by atoms with E-state index in [-0.39, 0.29) is 6.04 Å². The molecule has 3 N–H and O–H groups in total. The summed E-state index contributed by atoms with van der Waals surface area (Å²) in [6.07, 6.45) is 0. The lowest BCUT2D eigenvalue weighted by Crippen LogP contribution is -2.29. The fraction of sp³-hybridized carbons (Fsp3) is 0.231. The lowest BCUT2D eigenvalue weighted by molar-refractivity contribution is 0.633. The van der Waals surface area contributed by atoms with Crippen LogP contribution in [0.4, 0.5) is 0 Å². The van der Waals surface area contributed by atoms with E-state index in [1.807, 2.05) is 19.1 Å². The van der Waals surface area contributed by atoms with Crippen molar-refractivity contribution in [2.24, 2.45) is 5.84 Å². The Hall–Kier alpha value is -0.870. The van der Waals surface area contributed by atoms with Gasteiger partial charge in [0.15, 0.2) is 0 Å². The van der Waals surface area contributed by atoms with E-state index in [1.54, 1.807) is 11.3 Å². The zero-order chi connectivity index (χ0) is 12.4. The smallest absolute Gasteiger partial charge is 0.0723 e. The molecule has 0 fully saturated rings. The van der Waals surface area contributed by atoms with Crippen LogP contribution in [0.25, 0.3) is 0 Å². The number of hydrazine groups is 1. The van der Waals surface area contributed by atoms with Crippen molar-refractivity contribution in [3.63, 3.8) is 0 Å². The van der Waals surface area contributed by atoms with Crippen LogP contribution in [0.3, 0.4) is 0 Å². The minimum Gasteiger partial charge on any atom is -0.271 e. The van der Waals surface area contributed by atoms with Crippen molar-refractivity contribution < 1.29 is 0 Å². The Bertz CT molecular complexity index is 522. The lowest BCUT2D eigenvalue weighted by atomic mass is 9.96. The topological polar surface area (TPSA) is 38.0 Å². The second-order valence-corrected chi connectivity index (χ2v) is 5.51. The molecule has 2 aromatic rings. The van der Waals surface area contributed by atoms with Gasteiger partial charge in [-0.05, 0) is 48.1 Å². The molecule has 1 unspecified atom stereocenters. The first-order valence-corrected chi connectivity index (χ1v) is 6.66. The van der Waals surface area contributed by atoms with E-state index < -0.39 is 0 Å². The third kappa shape index (κ3) is 2.38. The fourth-order valence-electron chi connectivity index (χ4n) is 1.98. The minimum absolute atomic E-state index is 0.0000463. The first kappa shape index (κ1) is 12.6. The van der Waals surface area contributed by atoms with Crippen LogP contribution < -0.4 is 11.3 Å². The summed E-state index contributed by atoms with van der Waals surface area (Å²) in [5.41, 5.74) is 6.29. The minimum atomic E-state index is -0.0000463. The van der Waals surface area contributed by atoms with E-state index in [2.05, 4.69) is 29.9 Å². The second kappa shape index (κ2) is 5.19. The summed E-state index contributed by atoms with van der Waals surface area (Å²) in [5.74, 6) is 5.70. The molecule has 90 valence electrons. The van der Waals surface area contributed by atoms with Crippen LogP contribution in [0.5, 0.6) is 0 Å². The van der Waals surface area contributed by atoms with Crippen LogP contribution in [-0.2, 0) is 0 Å². The standard InChI is InChI=1S/C13H15ClN2S/c1-8-10(4-3-5-12(8)14)13(16-15)11-6-7-17-9(11)2/h3-7,13,16H,15H2,1-2H3. The molecule has 0 aliphatic rings. The molecule has 0 aliphatic carbocycles. The summed E-state index contributed by atoms with van der Waals surface area (Å²) in [6, 6.07) is 8.01. The summed E-state index contributed by atoms with van der Waals surface area (Å²) in [7, 11) is 0. The second-order valence-electron chi connectivity index (χ2n) is 3.99. The Labute approximate surface area is 110 Å². The predicted molar refractivity (Wildman–Crippen MR) is 74.4 cm³/mol. The third-order valence-corrected chi connectivity index (χ3v) is 4.27. The largest absolute Gasteiger partial charge is 0.271 e. The molecule has 0 spiro atoms. The molecular weight excluding hydrogens is 252 g/mol. The van der Waals surface area contributed by atoms with E-state index >= 15 is 0 Å². The van der Waals surface area contributed by atoms with Gasteiger partial charge in [-0.3, -0.25) is 5.84 Å². The summed E-state index contributed by atoms with van der Waals surface area (Å²) >= 11 is 7.87. The van der Waals surface area contributed by atoms with Crippen LogP contribution >= 0.6 is 22.9 Å². The number of nitrogens with one attached hydrogen (secondary N) is 1. The Morgan fingerprint density at radius 1 is 1.24 bits per heavy atom. The zero-order valence-electron chi connectivity index (χ0n) is 9.83. The molecule has 2 nitrogen and oxygen atoms in total. The Morgan fingerprint density at radius 3 is 2.59 bits per heavy atom. The van der Waals surface area contributed by atoms with Crippen LogP contribution in [0.15, 0.2) is 29.6 Å². The highest BCUT2D eigenvalue weighted by Crippen LogP contribution is 2.31. The molecule has 1 aromatic heterocycles. The normalized spacial score (nSPS) is 12.7. The van der Waals surface area contributed by atoms with E-state index in [0.29, 0.717) is 0 Å². The molecule has 0 aliphatic heterocycles. The van der Waals surface area contributed by atoms with Crippen molar-refractivity contribution in [1.82, 2.24) is 5.43 Å². The van der Waals surface area contributed by atoms with Crippen molar-refractivity contribution in [1.29, 1.82) is 0 Å². The summed E-state index contributed by atoms with van der Waals surface area (Å²) in [4.78, 5) is 1.27. The Morgan fingerprint density at radius 2 is 2.00 bits per heavy atom. The molecule has 1 heterocycles. The summed E-state index contributed by atoms with van der Waals surface area (Å²) in [5, 5.41) is 2.85. The number of hydrogen-bond donors (Lipinski definition) is 2. The van der Waals surface area contributed by atoms with Gasteiger partial charge in [-0.25, -0.2) is 5.43 Å². The maximum atomic E-state index is 6.15. The van der Waals surface area contributed by atoms with E-state index in [4.69, 9.17) is 17.4 Å². The monoisotopic (exact) mass is 266 g/mol. The molecule has 4 heteroatoms. The van der Waals surface area contributed by atoms with Gasteiger partial charge in [0.1, 0.15) is 0 Å². The molecular formula is C13H15ClN2S. The predicted octanol–water partition coefficient (Wildman–Crippen LogP) is 3.57. The van der Waals surface area contributed by atoms with Gasteiger partial charge in [0, 0.05) is 9.90 Å². The van der Waals surface area contributed by atoms with Crippen molar-refractivity contribution in [3.05, 3.63) is 56.2 Å². The van der Waals surface area contributed by atoms with Gasteiger partial charge in [0.2, 0.25) is 0 Å². The molecule has 0 saturated carbocycles. The van der Waals surface area contributed by atoms with Crippen LogP contribution in [0, 0.1) is 13.8 Å². The van der Waals surface area contributed by atoms with Gasteiger partial charge < -0.3 is 0 Å². The van der Waals surface area contributed by atoms with E-state index in [0.717, 1.165) is 16.1 Å². The van der Waals surface area contributed by atoms with E-state index in [1.165, 1.54) is 10.4 Å². The van der Waals surface area contributed by atoms with Gasteiger partial charge in [-0.1, -0.05) is 23.7 Å². The third-order valence-electron chi connectivity index (χ3n) is 3.00. The summed E-state index contributed by atoms with van der Waals surface area (Å²) < 4.78 is 0. The number of rotatable bonds is 3. The number of halogens is 1. The van der Waals surface area contributed by atoms with Crippen molar-refractivity contribution in [3.8, 4) is 0 Å². The van der Waals surface area contributed by atoms with E-state index in [9.17, 15) is 0 Å². The Kier molecular flexibility index (Phi) is 3.84. The van der Waals surface area contributed by atoms with Crippen molar-refractivity contribution >= 4 is 22.9 Å². The van der Waals surface area contributed by atoms with Crippen molar-refractivity contribution in [2.45, 2.75) is 19.9 Å². The first-order chi connectivity index (χ1) is 8.15. The highest BCUT2D eigenvalue weighted by molar-refractivity contribution is 7.10. The molecule has 0 amide bonds. The molecule has 0 radical (unpaired) electrons. The Balaban J connectivity index is 2.50. The molecule has 0 bridgehead atoms. The average Bonchev–Trinajstić information content (AvgIpc) is 2.72. The fourth-order valence-corrected chi connectivity index (χ4v) is 2.90. The molecule has 17 heavy (non-hydrogen) atoms. The van der Waals surface area contributed by atoms with Gasteiger partial charge in [-0.15, -0.1) is 11.3 Å². The number of benzene rings is 1. The maximum Gasteiger partial charge on any atom is 0.0723 e. The quantitative estimate of drug-likeness (QED) is 0.658. The van der Waals surface area contributed by atoms with Gasteiger partial charge >= 0.3 is 0 Å². The number of hydrogen-bond acceptors (Lipinski definition) is 3. The van der Waals surface area contributed by atoms with Crippen molar-refractivity contribution in [2.75, 3.05) is 0 Å². The van der Waals surface area contributed by atoms with Gasteiger partial charge in [0.25, 0.3) is 0 Å². The first-order valence-electron chi connectivity index (χ1n) is 5.40. The van der Waals surface area contributed by atoms with Crippen LogP contribution in [0.2, 0.25) is 5.02 Å². The lowest BCUT2D eigenvalue weighted by Gasteiger charge is -2.19.